The van der Waals surface area contributed by atoms with Gasteiger partial charge >= 0.3 is 0 Å². The van der Waals surface area contributed by atoms with Gasteiger partial charge in [-0.3, -0.25) is 14.5 Å². The van der Waals surface area contributed by atoms with Gasteiger partial charge in [0.1, 0.15) is 5.82 Å². The Morgan fingerprint density at radius 3 is 2.63 bits per heavy atom. The first-order valence-electron chi connectivity index (χ1n) is 9.64. The Morgan fingerprint density at radius 2 is 2.04 bits per heavy atom. The summed E-state index contributed by atoms with van der Waals surface area (Å²) in [7, 11) is 0. The fraction of sp³-hybridized carbons (Fsp3) is 0.600. The van der Waals surface area contributed by atoms with E-state index in [0.29, 0.717) is 44.0 Å². The van der Waals surface area contributed by atoms with Crippen LogP contribution >= 0.6 is 0 Å². The van der Waals surface area contributed by atoms with E-state index in [9.17, 15) is 14.0 Å². The lowest BCUT2D eigenvalue weighted by Gasteiger charge is -2.38. The maximum Gasteiger partial charge on any atom is 0.237 e. The molecule has 2 aliphatic heterocycles. The number of amides is 1. The average Bonchev–Trinajstić information content (AvgIpc) is 3.19. The number of halogens is 1. The first kappa shape index (κ1) is 19.8. The van der Waals surface area contributed by atoms with Crippen LogP contribution in [0.3, 0.4) is 0 Å². The third-order valence-corrected chi connectivity index (χ3v) is 5.46. The van der Waals surface area contributed by atoms with Gasteiger partial charge < -0.3 is 15.0 Å². The van der Waals surface area contributed by atoms with Crippen LogP contribution in [-0.2, 0) is 9.53 Å². The SMILES string of the molecule is CC(=O)c1ccc(N2CCN(C(C)C(=O)NCC3CCCO3)CC2)c(F)c1. The highest BCUT2D eigenvalue weighted by atomic mass is 19.1. The van der Waals surface area contributed by atoms with Gasteiger partial charge in [0.15, 0.2) is 5.78 Å². The molecule has 3 rings (SSSR count). The van der Waals surface area contributed by atoms with Crippen LogP contribution in [0.5, 0.6) is 0 Å². The molecule has 148 valence electrons. The maximum atomic E-state index is 14.3. The second-order valence-corrected chi connectivity index (χ2v) is 7.30. The Labute approximate surface area is 159 Å². The first-order chi connectivity index (χ1) is 13.0. The number of benzene rings is 1. The Balaban J connectivity index is 1.50. The second-order valence-electron chi connectivity index (χ2n) is 7.30. The van der Waals surface area contributed by atoms with Gasteiger partial charge in [-0.1, -0.05) is 0 Å². The zero-order valence-corrected chi connectivity index (χ0v) is 16.0. The largest absolute Gasteiger partial charge is 0.376 e. The van der Waals surface area contributed by atoms with Crippen molar-refractivity contribution < 1.29 is 18.7 Å². The molecule has 0 aromatic heterocycles. The van der Waals surface area contributed by atoms with E-state index in [1.807, 2.05) is 11.8 Å². The number of carbonyl (C=O) groups excluding carboxylic acids is 2. The third-order valence-electron chi connectivity index (χ3n) is 5.46. The number of carbonyl (C=O) groups is 2. The van der Waals surface area contributed by atoms with Gasteiger partial charge in [-0.15, -0.1) is 0 Å². The molecule has 2 atom stereocenters. The van der Waals surface area contributed by atoms with Crippen LogP contribution in [-0.4, -0.2) is 68.1 Å². The smallest absolute Gasteiger partial charge is 0.237 e. The van der Waals surface area contributed by atoms with Gasteiger partial charge in [0.25, 0.3) is 0 Å². The van der Waals surface area contributed by atoms with E-state index in [4.69, 9.17) is 4.74 Å². The first-order valence-corrected chi connectivity index (χ1v) is 9.64. The van der Waals surface area contributed by atoms with Crippen molar-refractivity contribution in [2.45, 2.75) is 38.8 Å². The summed E-state index contributed by atoms with van der Waals surface area (Å²) >= 11 is 0. The Bertz CT molecular complexity index is 683. The van der Waals surface area contributed by atoms with Crippen LogP contribution in [0.2, 0.25) is 0 Å². The molecule has 0 saturated carbocycles. The molecule has 2 saturated heterocycles. The van der Waals surface area contributed by atoms with Gasteiger partial charge in [0.2, 0.25) is 5.91 Å². The molecular formula is C20H28FN3O3. The highest BCUT2D eigenvalue weighted by Gasteiger charge is 2.27. The molecule has 1 aromatic carbocycles. The number of Topliss-reactive ketones (excluding diaryl/α,β-unsaturated/α-hetero) is 1. The van der Waals surface area contributed by atoms with E-state index < -0.39 is 0 Å². The molecule has 2 heterocycles. The molecule has 2 aliphatic rings. The number of hydrogen-bond acceptors (Lipinski definition) is 5. The normalized spacial score (nSPS) is 21.9. The number of ketones is 1. The fourth-order valence-electron chi connectivity index (χ4n) is 3.67. The Morgan fingerprint density at radius 1 is 1.30 bits per heavy atom. The topological polar surface area (TPSA) is 61.9 Å². The molecule has 2 fully saturated rings. The van der Waals surface area contributed by atoms with E-state index >= 15 is 0 Å². The molecule has 27 heavy (non-hydrogen) atoms. The maximum absolute atomic E-state index is 14.3. The number of nitrogens with zero attached hydrogens (tertiary/aromatic N) is 2. The van der Waals surface area contributed by atoms with E-state index in [1.165, 1.54) is 13.0 Å². The number of rotatable bonds is 6. The van der Waals surface area contributed by atoms with Crippen molar-refractivity contribution in [1.29, 1.82) is 0 Å². The molecule has 0 radical (unpaired) electrons. The lowest BCUT2D eigenvalue weighted by Crippen LogP contribution is -2.54. The summed E-state index contributed by atoms with van der Waals surface area (Å²) in [6, 6.07) is 4.40. The van der Waals surface area contributed by atoms with E-state index in [-0.39, 0.29) is 29.7 Å². The number of hydrogen-bond donors (Lipinski definition) is 1. The minimum absolute atomic E-state index is 0.0101. The van der Waals surface area contributed by atoms with Crippen molar-refractivity contribution in [3.63, 3.8) is 0 Å². The van der Waals surface area contributed by atoms with Crippen LogP contribution in [0.1, 0.15) is 37.0 Å². The molecule has 1 aromatic rings. The predicted molar refractivity (Wildman–Crippen MR) is 102 cm³/mol. The Kier molecular flexibility index (Phi) is 6.44. The average molecular weight is 377 g/mol. The molecule has 6 nitrogen and oxygen atoms in total. The quantitative estimate of drug-likeness (QED) is 0.767. The van der Waals surface area contributed by atoms with Crippen LogP contribution < -0.4 is 10.2 Å². The summed E-state index contributed by atoms with van der Waals surface area (Å²) in [5.74, 6) is -0.512. The van der Waals surface area contributed by atoms with Crippen LogP contribution in [0, 0.1) is 5.82 Å². The minimum Gasteiger partial charge on any atom is -0.376 e. The van der Waals surface area contributed by atoms with E-state index in [1.54, 1.807) is 12.1 Å². The monoisotopic (exact) mass is 377 g/mol. The van der Waals surface area contributed by atoms with Crippen molar-refractivity contribution in [3.8, 4) is 0 Å². The highest BCUT2D eigenvalue weighted by molar-refractivity contribution is 5.94. The van der Waals surface area contributed by atoms with Gasteiger partial charge in [0.05, 0.1) is 17.8 Å². The summed E-state index contributed by atoms with van der Waals surface area (Å²) in [6.45, 7) is 7.32. The summed E-state index contributed by atoms with van der Waals surface area (Å²) in [4.78, 5) is 27.8. The molecule has 1 amide bonds. The van der Waals surface area contributed by atoms with Crippen molar-refractivity contribution >= 4 is 17.4 Å². The number of nitrogens with one attached hydrogen (secondary N) is 1. The van der Waals surface area contributed by atoms with Crippen molar-refractivity contribution in [2.75, 3.05) is 44.2 Å². The van der Waals surface area contributed by atoms with Crippen molar-refractivity contribution in [1.82, 2.24) is 10.2 Å². The van der Waals surface area contributed by atoms with E-state index in [0.717, 1.165) is 19.4 Å². The standard InChI is InChI=1S/C20H28FN3O3/c1-14(20(26)22-13-17-4-3-11-27-17)23-7-9-24(10-8-23)19-6-5-16(15(2)25)12-18(19)21/h5-6,12,14,17H,3-4,7-11,13H2,1-2H3,(H,22,26). The summed E-state index contributed by atoms with van der Waals surface area (Å²) in [5, 5.41) is 2.98. The number of piperazine rings is 1. The molecular weight excluding hydrogens is 349 g/mol. The van der Waals surface area contributed by atoms with Gasteiger partial charge in [-0.25, -0.2) is 4.39 Å². The molecule has 0 spiro atoms. The molecule has 0 bridgehead atoms. The van der Waals surface area contributed by atoms with Crippen molar-refractivity contribution in [3.05, 3.63) is 29.6 Å². The highest BCUT2D eigenvalue weighted by Crippen LogP contribution is 2.23. The summed E-state index contributed by atoms with van der Waals surface area (Å²) in [5.41, 5.74) is 0.890. The molecule has 2 unspecified atom stereocenters. The van der Waals surface area contributed by atoms with Gasteiger partial charge in [0, 0.05) is 44.9 Å². The van der Waals surface area contributed by atoms with Crippen molar-refractivity contribution in [2.24, 2.45) is 0 Å². The molecule has 7 heteroatoms. The Hall–Kier alpha value is -1.99. The zero-order chi connectivity index (χ0) is 19.4. The number of ether oxygens (including phenoxy) is 1. The zero-order valence-electron chi connectivity index (χ0n) is 16.0. The summed E-state index contributed by atoms with van der Waals surface area (Å²) in [6.07, 6.45) is 2.20. The fourth-order valence-corrected chi connectivity index (χ4v) is 3.67. The van der Waals surface area contributed by atoms with Gasteiger partial charge in [-0.2, -0.15) is 0 Å². The molecule has 1 N–H and O–H groups in total. The third kappa shape index (κ3) is 4.84. The van der Waals surface area contributed by atoms with Crippen LogP contribution in [0.25, 0.3) is 0 Å². The minimum atomic E-state index is -0.376. The van der Waals surface area contributed by atoms with Crippen LogP contribution in [0.15, 0.2) is 18.2 Å². The predicted octanol–water partition coefficient (Wildman–Crippen LogP) is 1.83. The lowest BCUT2D eigenvalue weighted by molar-refractivity contribution is -0.126. The number of anilines is 1. The van der Waals surface area contributed by atoms with Crippen LogP contribution in [0.4, 0.5) is 10.1 Å². The summed E-state index contributed by atoms with van der Waals surface area (Å²) < 4.78 is 19.9. The van der Waals surface area contributed by atoms with E-state index in [2.05, 4.69) is 10.2 Å². The molecule has 0 aliphatic carbocycles. The second kappa shape index (κ2) is 8.80. The van der Waals surface area contributed by atoms with Gasteiger partial charge in [-0.05, 0) is 44.9 Å². The lowest BCUT2D eigenvalue weighted by atomic mass is 10.1.